The molecule has 1 saturated heterocycles. The molecule has 1 fully saturated rings. The van der Waals surface area contributed by atoms with Gasteiger partial charge in [0.1, 0.15) is 17.7 Å². The number of aromatic nitrogens is 1. The highest BCUT2D eigenvalue weighted by Crippen LogP contribution is 2.26. The maximum atomic E-state index is 11.9. The number of halogens is 2. The molecular weight excluding hydrogens is 441 g/mol. The minimum absolute atomic E-state index is 0. The predicted molar refractivity (Wildman–Crippen MR) is 124 cm³/mol. The van der Waals surface area contributed by atoms with Crippen molar-refractivity contribution in [3.8, 4) is 5.75 Å². The fourth-order valence-corrected chi connectivity index (χ4v) is 3.61. The van der Waals surface area contributed by atoms with Crippen molar-refractivity contribution in [3.05, 3.63) is 65.4 Å². The molecule has 0 bridgehead atoms. The molecule has 7 nitrogen and oxygen atoms in total. The number of H-pyrrole nitrogens is 1. The first-order chi connectivity index (χ1) is 14.0. The summed E-state index contributed by atoms with van der Waals surface area (Å²) in [5.41, 5.74) is 8.61. The number of carboxylic acids is 1. The third-order valence-electron chi connectivity index (χ3n) is 5.18. The topological polar surface area (TPSA) is 121 Å². The molecule has 0 saturated carbocycles. The molecule has 2 atom stereocenters. The second kappa shape index (κ2) is 10.5. The number of nitrogens with one attached hydrogen (secondary N) is 2. The van der Waals surface area contributed by atoms with Crippen molar-refractivity contribution < 1.29 is 19.4 Å². The zero-order chi connectivity index (χ0) is 20.4. The molecule has 1 aromatic heterocycles. The number of carboxylic acid groups (broad SMARTS) is 1. The van der Waals surface area contributed by atoms with Gasteiger partial charge in [-0.15, -0.1) is 24.8 Å². The Hall–Kier alpha value is -2.74. The van der Waals surface area contributed by atoms with Crippen LogP contribution in [0.4, 0.5) is 0 Å². The summed E-state index contributed by atoms with van der Waals surface area (Å²) >= 11 is 0. The number of hydrogen-bond acceptors (Lipinski definition) is 4. The lowest BCUT2D eigenvalue weighted by Crippen LogP contribution is -2.16. The Labute approximate surface area is 192 Å². The number of aromatic amines is 1. The van der Waals surface area contributed by atoms with Gasteiger partial charge in [0.25, 0.3) is 0 Å². The molecular formula is C22H25Cl2N3O4. The summed E-state index contributed by atoms with van der Waals surface area (Å²) in [7, 11) is 0. The molecule has 1 unspecified atom stereocenters. The number of carbonyl (C=O) groups is 1. The smallest absolute Gasteiger partial charge is 0.311 e. The molecule has 5 N–H and O–H groups in total. The molecule has 166 valence electrons. The van der Waals surface area contributed by atoms with E-state index in [-0.39, 0.29) is 36.8 Å². The highest BCUT2D eigenvalue weighted by molar-refractivity contribution is 5.98. The summed E-state index contributed by atoms with van der Waals surface area (Å²) in [4.78, 5) is 15.2. The third-order valence-corrected chi connectivity index (χ3v) is 5.18. The summed E-state index contributed by atoms with van der Waals surface area (Å²) in [6.07, 6.45) is 1.25. The minimum atomic E-state index is -0.883. The molecule has 2 heterocycles. The van der Waals surface area contributed by atoms with Crippen molar-refractivity contribution >= 4 is 47.5 Å². The Morgan fingerprint density at radius 3 is 2.58 bits per heavy atom. The van der Waals surface area contributed by atoms with E-state index in [1.165, 1.54) is 0 Å². The van der Waals surface area contributed by atoms with Gasteiger partial charge in [0.2, 0.25) is 0 Å². The molecule has 31 heavy (non-hydrogen) atoms. The zero-order valence-corrected chi connectivity index (χ0v) is 18.3. The second-order valence-corrected chi connectivity index (χ2v) is 7.28. The van der Waals surface area contributed by atoms with Gasteiger partial charge in [-0.05, 0) is 42.0 Å². The van der Waals surface area contributed by atoms with Gasteiger partial charge in [-0.25, -0.2) is 0 Å². The van der Waals surface area contributed by atoms with Crippen LogP contribution in [-0.2, 0) is 16.0 Å². The zero-order valence-electron chi connectivity index (χ0n) is 16.7. The molecule has 2 aromatic carbocycles. The van der Waals surface area contributed by atoms with Crippen LogP contribution < -0.4 is 10.5 Å². The quantitative estimate of drug-likeness (QED) is 0.311. The van der Waals surface area contributed by atoms with Crippen molar-refractivity contribution in [1.29, 1.82) is 5.41 Å². The van der Waals surface area contributed by atoms with E-state index in [4.69, 9.17) is 20.6 Å². The van der Waals surface area contributed by atoms with Crippen molar-refractivity contribution in [2.24, 2.45) is 5.73 Å². The van der Waals surface area contributed by atoms with Gasteiger partial charge in [0.15, 0.2) is 0 Å². The highest BCUT2D eigenvalue weighted by Gasteiger charge is 2.22. The fraction of sp³-hybridized carbons (Fsp3) is 0.273. The average Bonchev–Trinajstić information content (AvgIpc) is 3.35. The lowest BCUT2D eigenvalue weighted by atomic mass is 9.94. The predicted octanol–water partition coefficient (Wildman–Crippen LogP) is 3.87. The Morgan fingerprint density at radius 2 is 1.97 bits per heavy atom. The van der Waals surface area contributed by atoms with Crippen LogP contribution in [0.5, 0.6) is 5.75 Å². The van der Waals surface area contributed by atoms with E-state index in [0.717, 1.165) is 34.3 Å². The molecule has 9 heteroatoms. The molecule has 1 aliphatic rings. The van der Waals surface area contributed by atoms with Gasteiger partial charge < -0.3 is 25.3 Å². The van der Waals surface area contributed by atoms with Crippen LogP contribution >= 0.6 is 24.8 Å². The first-order valence-corrected chi connectivity index (χ1v) is 9.53. The van der Waals surface area contributed by atoms with Crippen molar-refractivity contribution in [2.45, 2.75) is 24.9 Å². The number of ether oxygens (including phenoxy) is 2. The standard InChI is InChI=1S/C22H23N3O4.2ClH/c23-21(24)14-3-6-20-15(9-14)10-16(25-20)11-19(22(26)27)13-1-4-17(5-2-13)29-18-7-8-28-12-18;;/h1-6,9-10,18-19,25H,7-8,11-12H2,(H3,23,24)(H,26,27);2*1H/t18-,19?;;/m0../s1. The number of aliphatic carboxylic acids is 1. The number of rotatable bonds is 7. The number of nitrogens with two attached hydrogens (primary N) is 1. The van der Waals surface area contributed by atoms with E-state index in [1.807, 2.05) is 30.3 Å². The first-order valence-electron chi connectivity index (χ1n) is 9.53. The number of fused-ring (bicyclic) bond motifs is 1. The summed E-state index contributed by atoms with van der Waals surface area (Å²) in [6.45, 7) is 1.30. The lowest BCUT2D eigenvalue weighted by molar-refractivity contribution is -0.138. The lowest BCUT2D eigenvalue weighted by Gasteiger charge is -2.15. The SMILES string of the molecule is Cl.Cl.N=C(N)c1ccc2[nH]c(CC(C(=O)O)c3ccc(O[C@H]4CCOC4)cc3)cc2c1. The minimum Gasteiger partial charge on any atom is -0.488 e. The summed E-state index contributed by atoms with van der Waals surface area (Å²) in [5.74, 6) is -0.842. The van der Waals surface area contributed by atoms with Crippen LogP contribution in [0.3, 0.4) is 0 Å². The molecule has 3 aromatic rings. The van der Waals surface area contributed by atoms with Crippen molar-refractivity contribution in [1.82, 2.24) is 4.98 Å². The van der Waals surface area contributed by atoms with Crippen LogP contribution in [0.25, 0.3) is 10.9 Å². The molecule has 0 amide bonds. The number of amidine groups is 1. The van der Waals surface area contributed by atoms with E-state index < -0.39 is 11.9 Å². The van der Waals surface area contributed by atoms with Crippen LogP contribution in [0.1, 0.15) is 29.2 Å². The van der Waals surface area contributed by atoms with Crippen molar-refractivity contribution in [3.63, 3.8) is 0 Å². The monoisotopic (exact) mass is 465 g/mol. The summed E-state index contributed by atoms with van der Waals surface area (Å²) in [6, 6.07) is 14.6. The normalized spacial score (nSPS) is 16.2. The number of benzene rings is 2. The van der Waals surface area contributed by atoms with Gasteiger partial charge in [-0.2, -0.15) is 0 Å². The molecule has 1 aliphatic heterocycles. The summed E-state index contributed by atoms with van der Waals surface area (Å²) < 4.78 is 11.2. The van der Waals surface area contributed by atoms with E-state index in [1.54, 1.807) is 18.2 Å². The second-order valence-electron chi connectivity index (χ2n) is 7.28. The molecule has 4 rings (SSSR count). The Kier molecular flexibility index (Phi) is 8.33. The first kappa shape index (κ1) is 24.5. The van der Waals surface area contributed by atoms with Gasteiger partial charge in [0.05, 0.1) is 19.1 Å². The third kappa shape index (κ3) is 5.70. The van der Waals surface area contributed by atoms with Crippen LogP contribution in [0.15, 0.2) is 48.5 Å². The number of nitrogen functional groups attached to an aromatic ring is 1. The van der Waals surface area contributed by atoms with Crippen LogP contribution in [-0.4, -0.2) is 41.2 Å². The number of hydrogen-bond donors (Lipinski definition) is 4. The summed E-state index contributed by atoms with van der Waals surface area (Å²) in [5, 5.41) is 18.2. The van der Waals surface area contributed by atoms with E-state index in [0.29, 0.717) is 25.2 Å². The van der Waals surface area contributed by atoms with Gasteiger partial charge in [-0.3, -0.25) is 10.2 Å². The van der Waals surface area contributed by atoms with Crippen LogP contribution in [0.2, 0.25) is 0 Å². The Balaban J connectivity index is 0.00000171. The molecule has 0 spiro atoms. The maximum absolute atomic E-state index is 11.9. The maximum Gasteiger partial charge on any atom is 0.311 e. The van der Waals surface area contributed by atoms with E-state index in [9.17, 15) is 9.90 Å². The van der Waals surface area contributed by atoms with Gasteiger partial charge in [0, 0.05) is 35.0 Å². The molecule has 0 aliphatic carbocycles. The average molecular weight is 466 g/mol. The van der Waals surface area contributed by atoms with Crippen molar-refractivity contribution in [2.75, 3.05) is 13.2 Å². The Morgan fingerprint density at radius 1 is 1.23 bits per heavy atom. The van der Waals surface area contributed by atoms with E-state index in [2.05, 4.69) is 4.98 Å². The largest absolute Gasteiger partial charge is 0.488 e. The Bertz CT molecular complexity index is 1050. The fourth-order valence-electron chi connectivity index (χ4n) is 3.61. The molecule has 0 radical (unpaired) electrons. The highest BCUT2D eigenvalue weighted by atomic mass is 35.5. The van der Waals surface area contributed by atoms with Crippen LogP contribution in [0, 0.1) is 5.41 Å². The van der Waals surface area contributed by atoms with E-state index >= 15 is 0 Å². The van der Waals surface area contributed by atoms with Gasteiger partial charge in [-0.1, -0.05) is 12.1 Å². The van der Waals surface area contributed by atoms with Gasteiger partial charge >= 0.3 is 5.97 Å².